The number of anilines is 2. The lowest BCUT2D eigenvalue weighted by molar-refractivity contribution is 0.349. The summed E-state index contributed by atoms with van der Waals surface area (Å²) in [6.07, 6.45) is 7.97. The molecule has 0 N–H and O–H groups in total. The highest BCUT2D eigenvalue weighted by molar-refractivity contribution is 5.42. The van der Waals surface area contributed by atoms with Gasteiger partial charge in [0.1, 0.15) is 5.82 Å². The molecule has 2 aromatic rings. The monoisotopic (exact) mass is 354 g/mol. The van der Waals surface area contributed by atoms with Gasteiger partial charge < -0.3 is 9.80 Å². The summed E-state index contributed by atoms with van der Waals surface area (Å²) in [4.78, 5) is 30.1. The van der Waals surface area contributed by atoms with Crippen LogP contribution in [0.25, 0.3) is 0 Å². The summed E-state index contributed by atoms with van der Waals surface area (Å²) in [7, 11) is 3.97. The van der Waals surface area contributed by atoms with Gasteiger partial charge in [-0.1, -0.05) is 0 Å². The summed E-state index contributed by atoms with van der Waals surface area (Å²) >= 11 is 0. The lowest BCUT2D eigenvalue weighted by Gasteiger charge is -2.32. The van der Waals surface area contributed by atoms with E-state index in [1.807, 2.05) is 31.3 Å². The molecule has 3 heterocycles. The van der Waals surface area contributed by atoms with Gasteiger partial charge in [-0.15, -0.1) is 0 Å². The van der Waals surface area contributed by atoms with Gasteiger partial charge in [-0.05, 0) is 37.7 Å². The van der Waals surface area contributed by atoms with E-state index in [0.717, 1.165) is 49.9 Å². The fraction of sp³-hybridized carbons (Fsp3) is 0.579. The number of nitrogens with zero attached hydrogens (tertiary/aromatic N) is 6. The van der Waals surface area contributed by atoms with E-state index < -0.39 is 0 Å². The van der Waals surface area contributed by atoms with Crippen molar-refractivity contribution in [2.75, 3.05) is 37.0 Å². The van der Waals surface area contributed by atoms with E-state index in [9.17, 15) is 4.79 Å². The third-order valence-corrected chi connectivity index (χ3v) is 5.33. The molecule has 1 saturated heterocycles. The molecule has 0 atom stereocenters. The lowest BCUT2D eigenvalue weighted by atomic mass is 9.97. The summed E-state index contributed by atoms with van der Waals surface area (Å²) < 4.78 is 1.77. The second-order valence-corrected chi connectivity index (χ2v) is 7.62. The van der Waals surface area contributed by atoms with Gasteiger partial charge in [-0.3, -0.25) is 9.36 Å². The smallest absolute Gasteiger partial charge is 0.253 e. The number of hydrogen-bond donors (Lipinski definition) is 0. The molecular weight excluding hydrogens is 328 g/mol. The topological polar surface area (TPSA) is 67.2 Å². The Morgan fingerprint density at radius 3 is 2.58 bits per heavy atom. The average Bonchev–Trinajstić information content (AvgIpc) is 3.49. The molecular formula is C19H26N6O. The highest BCUT2D eigenvalue weighted by Gasteiger charge is 2.26. The van der Waals surface area contributed by atoms with E-state index >= 15 is 0 Å². The maximum atomic E-state index is 12.3. The molecule has 0 bridgehead atoms. The molecule has 0 spiro atoms. The van der Waals surface area contributed by atoms with Gasteiger partial charge >= 0.3 is 0 Å². The van der Waals surface area contributed by atoms with Gasteiger partial charge in [-0.2, -0.15) is 4.98 Å². The van der Waals surface area contributed by atoms with Crippen LogP contribution in [-0.4, -0.2) is 46.7 Å². The molecule has 0 aromatic carbocycles. The second-order valence-electron chi connectivity index (χ2n) is 7.62. The Morgan fingerprint density at radius 2 is 1.92 bits per heavy atom. The van der Waals surface area contributed by atoms with Crippen molar-refractivity contribution in [3.63, 3.8) is 0 Å². The first kappa shape index (κ1) is 17.0. The molecule has 1 aliphatic heterocycles. The molecule has 26 heavy (non-hydrogen) atoms. The Bertz CT molecular complexity index is 821. The van der Waals surface area contributed by atoms with Gasteiger partial charge in [0.2, 0.25) is 5.95 Å². The van der Waals surface area contributed by atoms with Gasteiger partial charge in [-0.25, -0.2) is 9.97 Å². The SMILES string of the molecule is CN(C)c1ccnc(N2CCC(Cn3cnc(C4CC4)cc3=O)CC2)n1. The average molecular weight is 354 g/mol. The Morgan fingerprint density at radius 1 is 1.15 bits per heavy atom. The van der Waals surface area contributed by atoms with E-state index in [1.165, 1.54) is 12.8 Å². The number of hydrogen-bond acceptors (Lipinski definition) is 6. The van der Waals surface area contributed by atoms with Crippen molar-refractivity contribution >= 4 is 11.8 Å². The zero-order chi connectivity index (χ0) is 18.1. The van der Waals surface area contributed by atoms with Crippen molar-refractivity contribution in [1.29, 1.82) is 0 Å². The summed E-state index contributed by atoms with van der Waals surface area (Å²) in [5.74, 6) is 2.74. The molecule has 7 nitrogen and oxygen atoms in total. The molecule has 138 valence electrons. The maximum absolute atomic E-state index is 12.3. The fourth-order valence-electron chi connectivity index (χ4n) is 3.51. The number of piperidine rings is 1. The predicted octanol–water partition coefficient (Wildman–Crippen LogP) is 1.89. The Balaban J connectivity index is 1.36. The molecule has 7 heteroatoms. The largest absolute Gasteiger partial charge is 0.363 e. The van der Waals surface area contributed by atoms with E-state index in [1.54, 1.807) is 17.0 Å². The van der Waals surface area contributed by atoms with Crippen LogP contribution in [-0.2, 0) is 6.54 Å². The van der Waals surface area contributed by atoms with Crippen LogP contribution >= 0.6 is 0 Å². The molecule has 2 aliphatic rings. The number of aromatic nitrogens is 4. The maximum Gasteiger partial charge on any atom is 0.253 e. The van der Waals surface area contributed by atoms with Crippen LogP contribution in [0.1, 0.15) is 37.3 Å². The van der Waals surface area contributed by atoms with Gasteiger partial charge in [0.15, 0.2) is 0 Å². The van der Waals surface area contributed by atoms with Crippen molar-refractivity contribution < 1.29 is 0 Å². The predicted molar refractivity (Wildman–Crippen MR) is 102 cm³/mol. The molecule has 0 amide bonds. The van der Waals surface area contributed by atoms with Crippen LogP contribution in [0.3, 0.4) is 0 Å². The van der Waals surface area contributed by atoms with Gasteiger partial charge in [0, 0.05) is 51.9 Å². The standard InChI is InChI=1S/C19H26N6O/c1-23(2)17-5-8-20-19(22-17)24-9-6-14(7-10-24)12-25-13-21-16(11-18(25)26)15-3-4-15/h5,8,11,13-15H,3-4,6-7,9-10,12H2,1-2H3. The molecule has 1 aliphatic carbocycles. The van der Waals surface area contributed by atoms with E-state index in [0.29, 0.717) is 11.8 Å². The molecule has 0 radical (unpaired) electrons. The third kappa shape index (κ3) is 3.71. The van der Waals surface area contributed by atoms with Crippen LogP contribution in [0.4, 0.5) is 11.8 Å². The Kier molecular flexibility index (Phi) is 4.61. The molecule has 1 saturated carbocycles. The summed E-state index contributed by atoms with van der Waals surface area (Å²) in [6.45, 7) is 2.59. The Hall–Kier alpha value is -2.44. The first-order chi connectivity index (χ1) is 12.6. The van der Waals surface area contributed by atoms with Crippen LogP contribution in [0.15, 0.2) is 29.5 Å². The van der Waals surface area contributed by atoms with Crippen molar-refractivity contribution in [2.45, 2.75) is 38.1 Å². The van der Waals surface area contributed by atoms with E-state index in [4.69, 9.17) is 0 Å². The highest BCUT2D eigenvalue weighted by atomic mass is 16.1. The Labute approximate surface area is 153 Å². The zero-order valence-corrected chi connectivity index (χ0v) is 15.5. The van der Waals surface area contributed by atoms with Crippen molar-refractivity contribution in [2.24, 2.45) is 5.92 Å². The molecule has 4 rings (SSSR count). The minimum Gasteiger partial charge on any atom is -0.363 e. The first-order valence-corrected chi connectivity index (χ1v) is 9.42. The zero-order valence-electron chi connectivity index (χ0n) is 15.5. The van der Waals surface area contributed by atoms with Gasteiger partial charge in [0.25, 0.3) is 5.56 Å². The summed E-state index contributed by atoms with van der Waals surface area (Å²) in [5.41, 5.74) is 1.06. The van der Waals surface area contributed by atoms with Gasteiger partial charge in [0.05, 0.1) is 12.0 Å². The molecule has 2 fully saturated rings. The quantitative estimate of drug-likeness (QED) is 0.817. The van der Waals surface area contributed by atoms with Crippen molar-refractivity contribution in [1.82, 2.24) is 19.5 Å². The van der Waals surface area contributed by atoms with Crippen LogP contribution in [0.5, 0.6) is 0 Å². The summed E-state index contributed by atoms with van der Waals surface area (Å²) in [5, 5.41) is 0. The molecule has 2 aromatic heterocycles. The highest BCUT2D eigenvalue weighted by Crippen LogP contribution is 2.38. The van der Waals surface area contributed by atoms with Crippen LogP contribution in [0, 0.1) is 5.92 Å². The second kappa shape index (κ2) is 7.05. The van der Waals surface area contributed by atoms with E-state index in [-0.39, 0.29) is 5.56 Å². The minimum atomic E-state index is 0.0892. The van der Waals surface area contributed by atoms with Crippen LogP contribution in [0.2, 0.25) is 0 Å². The third-order valence-electron chi connectivity index (χ3n) is 5.33. The first-order valence-electron chi connectivity index (χ1n) is 9.42. The van der Waals surface area contributed by atoms with Crippen LogP contribution < -0.4 is 15.4 Å². The normalized spacial score (nSPS) is 18.2. The van der Waals surface area contributed by atoms with Crippen molar-refractivity contribution in [3.05, 3.63) is 40.7 Å². The lowest BCUT2D eigenvalue weighted by Crippen LogP contribution is -2.37. The fourth-order valence-corrected chi connectivity index (χ4v) is 3.51. The van der Waals surface area contributed by atoms with Crippen molar-refractivity contribution in [3.8, 4) is 0 Å². The molecule has 0 unspecified atom stereocenters. The van der Waals surface area contributed by atoms with E-state index in [2.05, 4.69) is 19.9 Å². The number of rotatable bonds is 5. The summed E-state index contributed by atoms with van der Waals surface area (Å²) in [6, 6.07) is 3.65. The minimum absolute atomic E-state index is 0.0892.